The summed E-state index contributed by atoms with van der Waals surface area (Å²) in [6, 6.07) is 0. The van der Waals surface area contributed by atoms with Crippen LogP contribution in [0.2, 0.25) is 0 Å². The molecule has 0 N–H and O–H groups in total. The number of unbranched alkanes of at least 4 members (excludes halogenated alkanes) is 18. The SMILES string of the molecule is CC\C=C/C=C\C=C/C=C\CCCCCC(=O)OC(COC(=O)CCCC/C=C\C/C=C\CC)COC(=O)CCCCCCCCC/C=C\CCCCCCCC. The zero-order valence-electron chi connectivity index (χ0n) is 36.8. The van der Waals surface area contributed by atoms with Crippen molar-refractivity contribution in [2.45, 2.75) is 207 Å². The van der Waals surface area contributed by atoms with Gasteiger partial charge in [-0.2, -0.15) is 0 Å². The van der Waals surface area contributed by atoms with Gasteiger partial charge in [-0.1, -0.05) is 176 Å². The van der Waals surface area contributed by atoms with E-state index in [4.69, 9.17) is 14.2 Å². The maximum atomic E-state index is 12.7. The highest BCUT2D eigenvalue weighted by Crippen LogP contribution is 2.13. The summed E-state index contributed by atoms with van der Waals surface area (Å²) in [6.45, 7) is 6.28. The highest BCUT2D eigenvalue weighted by Gasteiger charge is 2.19. The predicted octanol–water partition coefficient (Wildman–Crippen LogP) is 14.9. The van der Waals surface area contributed by atoms with Gasteiger partial charge in [0.1, 0.15) is 13.2 Å². The molecular weight excluding hydrogens is 709 g/mol. The molecule has 0 radical (unpaired) electrons. The molecule has 0 aliphatic carbocycles. The number of hydrogen-bond donors (Lipinski definition) is 0. The summed E-state index contributed by atoms with van der Waals surface area (Å²) >= 11 is 0. The van der Waals surface area contributed by atoms with Gasteiger partial charge in [0.2, 0.25) is 0 Å². The first-order chi connectivity index (χ1) is 28.0. The van der Waals surface area contributed by atoms with Crippen molar-refractivity contribution in [1.82, 2.24) is 0 Å². The monoisotopic (exact) mass is 793 g/mol. The zero-order valence-corrected chi connectivity index (χ0v) is 36.8. The molecule has 0 aromatic rings. The minimum atomic E-state index is -0.809. The van der Waals surface area contributed by atoms with E-state index in [0.717, 1.165) is 77.0 Å². The number of ether oxygens (including phenoxy) is 3. The Kier molecular flexibility index (Phi) is 42.6. The Bertz CT molecular complexity index is 1140. The van der Waals surface area contributed by atoms with E-state index < -0.39 is 6.10 Å². The molecule has 0 saturated heterocycles. The van der Waals surface area contributed by atoms with Gasteiger partial charge in [0.25, 0.3) is 0 Å². The summed E-state index contributed by atoms with van der Waals surface area (Å²) in [5, 5.41) is 0. The van der Waals surface area contributed by atoms with Gasteiger partial charge >= 0.3 is 17.9 Å². The molecule has 6 nitrogen and oxygen atoms in total. The Balaban J connectivity index is 4.42. The van der Waals surface area contributed by atoms with Crippen molar-refractivity contribution in [3.8, 4) is 0 Å². The summed E-state index contributed by atoms with van der Waals surface area (Å²) in [7, 11) is 0. The molecule has 0 rings (SSSR count). The smallest absolute Gasteiger partial charge is 0.306 e. The lowest BCUT2D eigenvalue weighted by Crippen LogP contribution is -2.30. The summed E-state index contributed by atoms with van der Waals surface area (Å²) in [5.41, 5.74) is 0. The van der Waals surface area contributed by atoms with E-state index in [1.165, 1.54) is 77.0 Å². The van der Waals surface area contributed by atoms with E-state index in [9.17, 15) is 14.4 Å². The van der Waals surface area contributed by atoms with Crippen molar-refractivity contribution < 1.29 is 28.6 Å². The lowest BCUT2D eigenvalue weighted by atomic mass is 10.1. The molecule has 0 spiro atoms. The molecule has 57 heavy (non-hydrogen) atoms. The first kappa shape index (κ1) is 53.6. The fourth-order valence-electron chi connectivity index (χ4n) is 6.01. The Hall–Kier alpha value is -3.41. The Morgan fingerprint density at radius 3 is 1.33 bits per heavy atom. The molecule has 0 fully saturated rings. The van der Waals surface area contributed by atoms with Gasteiger partial charge in [0.15, 0.2) is 6.10 Å². The van der Waals surface area contributed by atoms with E-state index in [0.29, 0.717) is 19.3 Å². The number of allylic oxidation sites excluding steroid dienone is 14. The summed E-state index contributed by atoms with van der Waals surface area (Å²) in [5.74, 6) is -0.996. The predicted molar refractivity (Wildman–Crippen MR) is 242 cm³/mol. The zero-order chi connectivity index (χ0) is 41.5. The normalized spacial score (nSPS) is 12.8. The third-order valence-electron chi connectivity index (χ3n) is 9.46. The average Bonchev–Trinajstić information content (AvgIpc) is 3.21. The summed E-state index contributed by atoms with van der Waals surface area (Å²) < 4.78 is 16.6. The van der Waals surface area contributed by atoms with Crippen molar-refractivity contribution in [2.24, 2.45) is 0 Å². The van der Waals surface area contributed by atoms with Crippen molar-refractivity contribution in [3.63, 3.8) is 0 Å². The maximum absolute atomic E-state index is 12.7. The molecule has 1 unspecified atom stereocenters. The van der Waals surface area contributed by atoms with Gasteiger partial charge in [0, 0.05) is 19.3 Å². The second-order valence-electron chi connectivity index (χ2n) is 15.0. The van der Waals surface area contributed by atoms with E-state index in [1.807, 2.05) is 36.5 Å². The highest BCUT2D eigenvalue weighted by atomic mass is 16.6. The number of hydrogen-bond acceptors (Lipinski definition) is 6. The van der Waals surface area contributed by atoms with Gasteiger partial charge in [-0.15, -0.1) is 0 Å². The van der Waals surface area contributed by atoms with Crippen molar-refractivity contribution in [1.29, 1.82) is 0 Å². The van der Waals surface area contributed by atoms with Crippen molar-refractivity contribution in [2.75, 3.05) is 13.2 Å². The van der Waals surface area contributed by atoms with Crippen LogP contribution in [0.25, 0.3) is 0 Å². The molecule has 0 bridgehead atoms. The van der Waals surface area contributed by atoms with Crippen LogP contribution in [-0.4, -0.2) is 37.2 Å². The van der Waals surface area contributed by atoms with Gasteiger partial charge in [-0.25, -0.2) is 0 Å². The third-order valence-corrected chi connectivity index (χ3v) is 9.46. The van der Waals surface area contributed by atoms with E-state index in [-0.39, 0.29) is 37.5 Å². The van der Waals surface area contributed by atoms with Crippen LogP contribution in [0, 0.1) is 0 Å². The third kappa shape index (κ3) is 43.6. The molecular formula is C51H84O6. The topological polar surface area (TPSA) is 78.9 Å². The van der Waals surface area contributed by atoms with Crippen molar-refractivity contribution in [3.05, 3.63) is 85.1 Å². The van der Waals surface area contributed by atoms with Crippen LogP contribution < -0.4 is 0 Å². The maximum Gasteiger partial charge on any atom is 0.306 e. The van der Waals surface area contributed by atoms with E-state index in [1.54, 1.807) is 0 Å². The van der Waals surface area contributed by atoms with Gasteiger partial charge in [-0.05, 0) is 89.9 Å². The lowest BCUT2D eigenvalue weighted by Gasteiger charge is -2.18. The molecule has 0 aliphatic heterocycles. The quantitative estimate of drug-likeness (QED) is 0.0202. The average molecular weight is 793 g/mol. The van der Waals surface area contributed by atoms with Crippen LogP contribution in [0.15, 0.2) is 85.1 Å². The summed E-state index contributed by atoms with van der Waals surface area (Å²) in [6.07, 6.45) is 57.2. The fourth-order valence-corrected chi connectivity index (χ4v) is 6.01. The van der Waals surface area contributed by atoms with Crippen LogP contribution in [0.3, 0.4) is 0 Å². The lowest BCUT2D eigenvalue weighted by molar-refractivity contribution is -0.167. The first-order valence-electron chi connectivity index (χ1n) is 23.1. The van der Waals surface area contributed by atoms with Crippen LogP contribution in [0.5, 0.6) is 0 Å². The van der Waals surface area contributed by atoms with Crippen LogP contribution in [-0.2, 0) is 28.6 Å². The van der Waals surface area contributed by atoms with E-state index in [2.05, 4.69) is 69.4 Å². The number of carbonyl (C=O) groups is 3. The second-order valence-corrected chi connectivity index (χ2v) is 15.0. The largest absolute Gasteiger partial charge is 0.462 e. The van der Waals surface area contributed by atoms with E-state index >= 15 is 0 Å². The highest BCUT2D eigenvalue weighted by molar-refractivity contribution is 5.71. The number of carbonyl (C=O) groups excluding carboxylic acids is 3. The van der Waals surface area contributed by atoms with Gasteiger partial charge in [0.05, 0.1) is 0 Å². The first-order valence-corrected chi connectivity index (χ1v) is 23.1. The summed E-state index contributed by atoms with van der Waals surface area (Å²) in [4.78, 5) is 37.7. The fraction of sp³-hybridized carbons (Fsp3) is 0.667. The minimum Gasteiger partial charge on any atom is -0.462 e. The Labute approximate surface area is 350 Å². The Morgan fingerprint density at radius 1 is 0.386 bits per heavy atom. The molecule has 0 aromatic heterocycles. The molecule has 0 amide bonds. The standard InChI is InChI=1S/C51H84O6/c1-4-7-10-13-16-19-21-23-24-25-26-28-29-32-35-38-41-44-50(53)56-47-48(46-55-49(52)43-40-37-34-31-18-15-12-9-6-3)57-51(54)45-42-39-36-33-30-27-22-20-17-14-11-8-5-2/h8-9,11-12,14,17-18,20,22-24,27,30-31,48H,4-7,10,13,15-16,19,21,25-26,28-29,32-47H2,1-3H3/b11-8-,12-9-,17-14-,22-20-,24-23-,30-27-,31-18-. The van der Waals surface area contributed by atoms with Crippen LogP contribution >= 0.6 is 0 Å². The van der Waals surface area contributed by atoms with Gasteiger partial charge in [-0.3, -0.25) is 14.4 Å². The number of rotatable bonds is 40. The minimum absolute atomic E-state index is 0.106. The number of esters is 3. The van der Waals surface area contributed by atoms with Crippen molar-refractivity contribution >= 4 is 17.9 Å². The second kappa shape index (κ2) is 45.3. The molecule has 1 atom stereocenters. The Morgan fingerprint density at radius 2 is 0.772 bits per heavy atom. The molecule has 0 saturated carbocycles. The molecule has 324 valence electrons. The van der Waals surface area contributed by atoms with Crippen LogP contribution in [0.4, 0.5) is 0 Å². The molecule has 0 aliphatic rings. The molecule has 6 heteroatoms. The molecule has 0 heterocycles. The van der Waals surface area contributed by atoms with Crippen LogP contribution in [0.1, 0.15) is 201 Å². The van der Waals surface area contributed by atoms with Gasteiger partial charge < -0.3 is 14.2 Å². The molecule has 0 aromatic carbocycles.